The second kappa shape index (κ2) is 7.47. The molecule has 3 rings (SSSR count). The summed E-state index contributed by atoms with van der Waals surface area (Å²) in [4.78, 5) is 18.7. The fraction of sp³-hybridized carbons (Fsp3) is 0.400. The Bertz CT molecular complexity index is 671. The molecule has 0 aliphatic carbocycles. The first-order valence-corrected chi connectivity index (χ1v) is 8.66. The van der Waals surface area contributed by atoms with Gasteiger partial charge in [0, 0.05) is 19.6 Å². The van der Waals surface area contributed by atoms with Crippen LogP contribution in [0.1, 0.15) is 41.4 Å². The van der Waals surface area contributed by atoms with E-state index in [1.165, 1.54) is 11.1 Å². The minimum Gasteiger partial charge on any atom is -0.380 e. The number of piperidine rings is 1. The summed E-state index contributed by atoms with van der Waals surface area (Å²) in [6.07, 6.45) is 3.91. The summed E-state index contributed by atoms with van der Waals surface area (Å²) in [6, 6.07) is 12.2. The number of anilines is 1. The van der Waals surface area contributed by atoms with Gasteiger partial charge in [-0.15, -0.1) is 0 Å². The van der Waals surface area contributed by atoms with Gasteiger partial charge in [-0.3, -0.25) is 4.79 Å². The van der Waals surface area contributed by atoms with E-state index in [9.17, 15) is 4.79 Å². The first kappa shape index (κ1) is 16.5. The summed E-state index contributed by atoms with van der Waals surface area (Å²) in [5.41, 5.74) is 3.95. The third-order valence-corrected chi connectivity index (χ3v) is 4.67. The van der Waals surface area contributed by atoms with Crippen LogP contribution < -0.4 is 5.32 Å². The number of hydrogen-bond acceptors (Lipinski definition) is 3. The zero-order chi connectivity index (χ0) is 16.9. The Kier molecular flexibility index (Phi) is 5.14. The van der Waals surface area contributed by atoms with E-state index in [2.05, 4.69) is 48.4 Å². The van der Waals surface area contributed by atoms with Gasteiger partial charge in [-0.1, -0.05) is 36.8 Å². The molecular weight excluding hydrogens is 298 g/mol. The van der Waals surface area contributed by atoms with E-state index in [4.69, 9.17) is 0 Å². The highest BCUT2D eigenvalue weighted by Gasteiger charge is 2.22. The lowest BCUT2D eigenvalue weighted by molar-refractivity contribution is 0.0691. The molecule has 2 heterocycles. The van der Waals surface area contributed by atoms with Gasteiger partial charge in [0.15, 0.2) is 0 Å². The van der Waals surface area contributed by atoms with Crippen molar-refractivity contribution in [3.8, 4) is 0 Å². The molecule has 126 valence electrons. The molecule has 0 spiro atoms. The van der Waals surface area contributed by atoms with E-state index in [1.807, 2.05) is 17.0 Å². The van der Waals surface area contributed by atoms with Crippen LogP contribution in [0.5, 0.6) is 0 Å². The third kappa shape index (κ3) is 4.13. The van der Waals surface area contributed by atoms with Crippen LogP contribution in [0, 0.1) is 12.8 Å². The van der Waals surface area contributed by atoms with Crippen molar-refractivity contribution in [1.29, 1.82) is 0 Å². The van der Waals surface area contributed by atoms with Crippen LogP contribution in [0.4, 0.5) is 5.69 Å². The van der Waals surface area contributed by atoms with Gasteiger partial charge in [0.1, 0.15) is 5.69 Å². The fourth-order valence-corrected chi connectivity index (χ4v) is 2.91. The van der Waals surface area contributed by atoms with Crippen LogP contribution >= 0.6 is 0 Å². The van der Waals surface area contributed by atoms with Gasteiger partial charge >= 0.3 is 0 Å². The Morgan fingerprint density at radius 1 is 1.17 bits per heavy atom. The Labute approximate surface area is 143 Å². The third-order valence-electron chi connectivity index (χ3n) is 4.67. The number of nitrogens with one attached hydrogen (secondary N) is 1. The molecule has 1 saturated heterocycles. The normalized spacial score (nSPS) is 15.3. The first-order chi connectivity index (χ1) is 11.6. The largest absolute Gasteiger partial charge is 0.380 e. The van der Waals surface area contributed by atoms with Gasteiger partial charge in [0.2, 0.25) is 0 Å². The predicted octanol–water partition coefficient (Wildman–Crippen LogP) is 3.87. The van der Waals surface area contributed by atoms with Gasteiger partial charge in [-0.05, 0) is 43.4 Å². The predicted molar refractivity (Wildman–Crippen MR) is 97.0 cm³/mol. The van der Waals surface area contributed by atoms with Crippen molar-refractivity contribution >= 4 is 11.6 Å². The molecule has 2 aromatic rings. The van der Waals surface area contributed by atoms with E-state index >= 15 is 0 Å². The van der Waals surface area contributed by atoms with Crippen molar-refractivity contribution in [3.63, 3.8) is 0 Å². The van der Waals surface area contributed by atoms with Crippen molar-refractivity contribution in [3.05, 3.63) is 59.4 Å². The molecule has 1 aliphatic rings. The van der Waals surface area contributed by atoms with Gasteiger partial charge in [-0.2, -0.15) is 0 Å². The fourth-order valence-electron chi connectivity index (χ4n) is 2.91. The smallest absolute Gasteiger partial charge is 0.272 e. The number of hydrogen-bond donors (Lipinski definition) is 1. The number of carbonyl (C=O) groups excluding carboxylic acids is 1. The summed E-state index contributed by atoms with van der Waals surface area (Å²) in [7, 11) is 0. The van der Waals surface area contributed by atoms with Gasteiger partial charge in [0.25, 0.3) is 5.91 Å². The number of nitrogens with zero attached hydrogens (tertiary/aromatic N) is 2. The van der Waals surface area contributed by atoms with Crippen molar-refractivity contribution in [2.75, 3.05) is 18.4 Å². The molecule has 0 saturated carbocycles. The number of aryl methyl sites for hydroxylation is 1. The number of amides is 1. The average molecular weight is 323 g/mol. The lowest BCUT2D eigenvalue weighted by atomic mass is 9.99. The molecular formula is C20H25N3O. The second-order valence-electron chi connectivity index (χ2n) is 6.75. The molecule has 24 heavy (non-hydrogen) atoms. The molecule has 1 aromatic carbocycles. The maximum absolute atomic E-state index is 12.5. The summed E-state index contributed by atoms with van der Waals surface area (Å²) in [6.45, 7) is 6.76. The molecule has 1 aromatic heterocycles. The topological polar surface area (TPSA) is 45.2 Å². The number of aromatic nitrogens is 1. The number of pyridine rings is 1. The van der Waals surface area contributed by atoms with E-state index in [0.29, 0.717) is 5.69 Å². The van der Waals surface area contributed by atoms with Gasteiger partial charge in [-0.25, -0.2) is 4.98 Å². The van der Waals surface area contributed by atoms with Crippen LogP contribution in [-0.4, -0.2) is 28.9 Å². The minimum atomic E-state index is 0.0481. The quantitative estimate of drug-likeness (QED) is 0.929. The van der Waals surface area contributed by atoms with Gasteiger partial charge in [0.05, 0.1) is 11.9 Å². The Morgan fingerprint density at radius 2 is 1.88 bits per heavy atom. The van der Waals surface area contributed by atoms with Crippen LogP contribution in [0.2, 0.25) is 0 Å². The number of carbonyl (C=O) groups is 1. The number of rotatable bonds is 4. The van der Waals surface area contributed by atoms with Crippen LogP contribution in [0.25, 0.3) is 0 Å². The Hall–Kier alpha value is -2.36. The number of likely N-dealkylation sites (tertiary alicyclic amines) is 1. The molecule has 4 heteroatoms. The van der Waals surface area contributed by atoms with Crippen molar-refractivity contribution in [2.24, 2.45) is 5.92 Å². The molecule has 0 bridgehead atoms. The molecule has 1 amide bonds. The lowest BCUT2D eigenvalue weighted by Crippen LogP contribution is -2.38. The van der Waals surface area contributed by atoms with Gasteiger partial charge < -0.3 is 10.2 Å². The highest BCUT2D eigenvalue weighted by molar-refractivity contribution is 5.92. The molecule has 0 unspecified atom stereocenters. The summed E-state index contributed by atoms with van der Waals surface area (Å²) in [5, 5.41) is 3.34. The first-order valence-electron chi connectivity index (χ1n) is 8.66. The summed E-state index contributed by atoms with van der Waals surface area (Å²) >= 11 is 0. The molecule has 1 aliphatic heterocycles. The van der Waals surface area contributed by atoms with Crippen molar-refractivity contribution < 1.29 is 4.79 Å². The average Bonchev–Trinajstić information content (AvgIpc) is 2.62. The van der Waals surface area contributed by atoms with E-state index in [-0.39, 0.29) is 5.91 Å². The minimum absolute atomic E-state index is 0.0481. The highest BCUT2D eigenvalue weighted by Crippen LogP contribution is 2.18. The van der Waals surface area contributed by atoms with Crippen LogP contribution in [0.3, 0.4) is 0 Å². The van der Waals surface area contributed by atoms with E-state index < -0.39 is 0 Å². The van der Waals surface area contributed by atoms with Crippen molar-refractivity contribution in [1.82, 2.24) is 9.88 Å². The lowest BCUT2D eigenvalue weighted by Gasteiger charge is -2.30. The Morgan fingerprint density at radius 3 is 2.50 bits per heavy atom. The van der Waals surface area contributed by atoms with Crippen LogP contribution in [-0.2, 0) is 6.54 Å². The van der Waals surface area contributed by atoms with Crippen LogP contribution in [0.15, 0.2) is 42.6 Å². The Balaban J connectivity index is 1.56. The molecule has 1 fully saturated rings. The summed E-state index contributed by atoms with van der Waals surface area (Å²) < 4.78 is 0. The highest BCUT2D eigenvalue weighted by atomic mass is 16.2. The maximum atomic E-state index is 12.5. The zero-order valence-corrected chi connectivity index (χ0v) is 14.5. The van der Waals surface area contributed by atoms with E-state index in [1.54, 1.807) is 6.20 Å². The number of benzene rings is 1. The SMILES string of the molecule is Cc1ccc(CNc2ccc(C(=O)N3CCC(C)CC3)nc2)cc1. The maximum Gasteiger partial charge on any atom is 0.272 e. The van der Waals surface area contributed by atoms with E-state index in [0.717, 1.165) is 44.1 Å². The zero-order valence-electron chi connectivity index (χ0n) is 14.5. The van der Waals surface area contributed by atoms with Crippen molar-refractivity contribution in [2.45, 2.75) is 33.2 Å². The molecule has 0 atom stereocenters. The summed E-state index contributed by atoms with van der Waals surface area (Å²) in [5.74, 6) is 0.766. The molecule has 1 N–H and O–H groups in total. The molecule has 0 radical (unpaired) electrons. The standard InChI is InChI=1S/C20H25N3O/c1-15-3-5-17(6-4-15)13-21-18-7-8-19(22-14-18)20(24)23-11-9-16(2)10-12-23/h3-8,14,16,21H,9-13H2,1-2H3. The second-order valence-corrected chi connectivity index (χ2v) is 6.75. The molecule has 4 nitrogen and oxygen atoms in total. The monoisotopic (exact) mass is 323 g/mol.